The summed E-state index contributed by atoms with van der Waals surface area (Å²) in [5.41, 5.74) is 1.29. The highest BCUT2D eigenvalue weighted by atomic mass is 16.5. The average Bonchev–Trinajstić information content (AvgIpc) is 2.33. The minimum absolute atomic E-state index is 0.0185. The number of ether oxygens (including phenoxy) is 1. The number of hydrogen-bond acceptors (Lipinski definition) is 3. The second-order valence-electron chi connectivity index (χ2n) is 4.93. The molecule has 18 heavy (non-hydrogen) atoms. The molecule has 0 amide bonds. The maximum absolute atomic E-state index is 12.2. The van der Waals surface area contributed by atoms with Gasteiger partial charge in [0.2, 0.25) is 0 Å². The number of aryl methyl sites for hydroxylation is 1. The van der Waals surface area contributed by atoms with Gasteiger partial charge in [-0.2, -0.15) is 0 Å². The number of rotatable bonds is 3. The van der Waals surface area contributed by atoms with Crippen LogP contribution in [0.5, 0.6) is 5.75 Å². The Kier molecular flexibility index (Phi) is 3.57. The minimum atomic E-state index is -0.0995. The molecule has 0 aromatic carbocycles. The first kappa shape index (κ1) is 12.9. The van der Waals surface area contributed by atoms with Crippen LogP contribution in [0.4, 0.5) is 0 Å². The van der Waals surface area contributed by atoms with E-state index in [9.17, 15) is 4.79 Å². The summed E-state index contributed by atoms with van der Waals surface area (Å²) in [7, 11) is 0. The Hall–Kier alpha value is -1.55. The number of nitrogens with zero attached hydrogens (tertiary/aromatic N) is 1. The molecule has 1 aromatic heterocycles. The van der Waals surface area contributed by atoms with E-state index in [4.69, 9.17) is 9.84 Å². The molecular weight excluding hydrogens is 230 g/mol. The second-order valence-corrected chi connectivity index (χ2v) is 4.93. The van der Waals surface area contributed by atoms with Crippen LogP contribution in [0, 0.1) is 12.8 Å². The maximum atomic E-state index is 12.2. The van der Waals surface area contributed by atoms with Gasteiger partial charge in [0.1, 0.15) is 11.9 Å². The van der Waals surface area contributed by atoms with E-state index in [1.165, 1.54) is 0 Å². The largest absolute Gasteiger partial charge is 0.485 e. The van der Waals surface area contributed by atoms with Crippen LogP contribution in [0.2, 0.25) is 0 Å². The van der Waals surface area contributed by atoms with Gasteiger partial charge in [0, 0.05) is 18.3 Å². The van der Waals surface area contributed by atoms with E-state index in [0.717, 1.165) is 5.69 Å². The first-order valence-electron chi connectivity index (χ1n) is 6.24. The minimum Gasteiger partial charge on any atom is -0.485 e. The molecule has 1 N–H and O–H groups in total. The molecule has 1 aliphatic heterocycles. The van der Waals surface area contributed by atoms with E-state index in [-0.39, 0.29) is 18.3 Å². The van der Waals surface area contributed by atoms with Crippen LogP contribution in [0.25, 0.3) is 6.08 Å². The lowest BCUT2D eigenvalue weighted by molar-refractivity contribution is 0.193. The Morgan fingerprint density at radius 3 is 2.83 bits per heavy atom. The second kappa shape index (κ2) is 4.98. The van der Waals surface area contributed by atoms with E-state index < -0.39 is 0 Å². The van der Waals surface area contributed by atoms with Gasteiger partial charge in [0.15, 0.2) is 0 Å². The van der Waals surface area contributed by atoms with Crippen LogP contribution in [0.15, 0.2) is 16.9 Å². The van der Waals surface area contributed by atoms with Gasteiger partial charge in [0.05, 0.1) is 12.2 Å². The third-order valence-electron chi connectivity index (χ3n) is 3.20. The molecule has 0 saturated carbocycles. The fourth-order valence-corrected chi connectivity index (χ4v) is 2.12. The standard InChI is InChI=1S/C14H19NO3/c1-9(2)12-5-4-11-13(18-12)8-10(3)15(6-7-16)14(11)17/h4-5,8-9,12,16H,6-7H2,1-3H3/t12-/m1/s1. The van der Waals surface area contributed by atoms with Crippen molar-refractivity contribution in [1.82, 2.24) is 4.57 Å². The van der Waals surface area contributed by atoms with Gasteiger partial charge in [-0.1, -0.05) is 13.8 Å². The number of pyridine rings is 1. The first-order valence-corrected chi connectivity index (χ1v) is 6.24. The van der Waals surface area contributed by atoms with Gasteiger partial charge in [-0.05, 0) is 25.0 Å². The zero-order chi connectivity index (χ0) is 13.3. The third kappa shape index (κ3) is 2.20. The predicted molar refractivity (Wildman–Crippen MR) is 70.8 cm³/mol. The first-order chi connectivity index (χ1) is 8.54. The monoisotopic (exact) mass is 249 g/mol. The molecule has 0 unspecified atom stereocenters. The van der Waals surface area contributed by atoms with Crippen molar-refractivity contribution in [2.24, 2.45) is 5.92 Å². The molecule has 2 heterocycles. The molecule has 4 nitrogen and oxygen atoms in total. The molecule has 0 bridgehead atoms. The molecule has 4 heteroatoms. The predicted octanol–water partition coefficient (Wildman–Crippen LogP) is 1.58. The lowest BCUT2D eigenvalue weighted by atomic mass is 10.0. The number of aromatic nitrogens is 1. The maximum Gasteiger partial charge on any atom is 0.261 e. The molecule has 2 rings (SSSR count). The SMILES string of the molecule is Cc1cc2c(c(=O)n1CCO)C=C[C@H](C(C)C)O2. The average molecular weight is 249 g/mol. The zero-order valence-electron chi connectivity index (χ0n) is 11.0. The highest BCUT2D eigenvalue weighted by Gasteiger charge is 2.21. The van der Waals surface area contributed by atoms with Crippen molar-refractivity contribution in [3.8, 4) is 5.75 Å². The summed E-state index contributed by atoms with van der Waals surface area (Å²) in [4.78, 5) is 12.2. The topological polar surface area (TPSA) is 51.5 Å². The molecule has 1 atom stereocenters. The van der Waals surface area contributed by atoms with Gasteiger partial charge in [-0.25, -0.2) is 0 Å². The highest BCUT2D eigenvalue weighted by molar-refractivity contribution is 5.59. The Bertz CT molecular complexity index is 529. The fraction of sp³-hybridized carbons (Fsp3) is 0.500. The summed E-state index contributed by atoms with van der Waals surface area (Å²) >= 11 is 0. The van der Waals surface area contributed by atoms with Crippen molar-refractivity contribution in [2.45, 2.75) is 33.4 Å². The lowest BCUT2D eigenvalue weighted by Crippen LogP contribution is -2.30. The molecule has 0 spiro atoms. The summed E-state index contributed by atoms with van der Waals surface area (Å²) in [6.07, 6.45) is 3.77. The molecule has 0 fully saturated rings. The summed E-state index contributed by atoms with van der Waals surface area (Å²) in [6.45, 7) is 6.29. The molecule has 98 valence electrons. The van der Waals surface area contributed by atoms with Gasteiger partial charge in [-0.15, -0.1) is 0 Å². The van der Waals surface area contributed by atoms with Gasteiger partial charge in [0.25, 0.3) is 5.56 Å². The van der Waals surface area contributed by atoms with E-state index >= 15 is 0 Å². The summed E-state index contributed by atoms with van der Waals surface area (Å²) < 4.78 is 7.40. The zero-order valence-corrected chi connectivity index (χ0v) is 11.0. The quantitative estimate of drug-likeness (QED) is 0.885. The number of aliphatic hydroxyl groups is 1. The number of hydrogen-bond donors (Lipinski definition) is 1. The molecule has 1 aliphatic rings. The van der Waals surface area contributed by atoms with E-state index in [2.05, 4.69) is 13.8 Å². The number of aliphatic hydroxyl groups excluding tert-OH is 1. The van der Waals surface area contributed by atoms with Crippen LogP contribution < -0.4 is 10.3 Å². The Morgan fingerprint density at radius 1 is 1.50 bits per heavy atom. The number of fused-ring (bicyclic) bond motifs is 1. The third-order valence-corrected chi connectivity index (χ3v) is 3.20. The van der Waals surface area contributed by atoms with Crippen molar-refractivity contribution in [2.75, 3.05) is 6.61 Å². The summed E-state index contributed by atoms with van der Waals surface area (Å²) in [6, 6.07) is 1.87. The molecule has 0 aliphatic carbocycles. The van der Waals surface area contributed by atoms with E-state index in [0.29, 0.717) is 23.8 Å². The lowest BCUT2D eigenvalue weighted by Gasteiger charge is -2.25. The summed E-state index contributed by atoms with van der Waals surface area (Å²) in [5.74, 6) is 1.02. The van der Waals surface area contributed by atoms with Crippen molar-refractivity contribution in [3.05, 3.63) is 33.8 Å². The van der Waals surface area contributed by atoms with E-state index in [1.54, 1.807) is 4.57 Å². The van der Waals surface area contributed by atoms with Crippen LogP contribution in [0.3, 0.4) is 0 Å². The van der Waals surface area contributed by atoms with Crippen LogP contribution >= 0.6 is 0 Å². The summed E-state index contributed by atoms with van der Waals surface area (Å²) in [5, 5.41) is 8.98. The Morgan fingerprint density at radius 2 is 2.22 bits per heavy atom. The van der Waals surface area contributed by atoms with Gasteiger partial charge in [-0.3, -0.25) is 4.79 Å². The normalized spacial score (nSPS) is 17.7. The van der Waals surface area contributed by atoms with Crippen LogP contribution in [-0.4, -0.2) is 22.4 Å². The van der Waals surface area contributed by atoms with Crippen molar-refractivity contribution >= 4 is 6.08 Å². The van der Waals surface area contributed by atoms with Crippen molar-refractivity contribution < 1.29 is 9.84 Å². The molecular formula is C14H19NO3. The smallest absolute Gasteiger partial charge is 0.261 e. The molecule has 0 radical (unpaired) electrons. The Balaban J connectivity index is 2.47. The molecule has 0 saturated heterocycles. The van der Waals surface area contributed by atoms with Crippen molar-refractivity contribution in [1.29, 1.82) is 0 Å². The van der Waals surface area contributed by atoms with Crippen molar-refractivity contribution in [3.63, 3.8) is 0 Å². The molecule has 1 aromatic rings. The van der Waals surface area contributed by atoms with Gasteiger partial charge >= 0.3 is 0 Å². The van der Waals surface area contributed by atoms with E-state index in [1.807, 2.05) is 25.1 Å². The highest BCUT2D eigenvalue weighted by Crippen LogP contribution is 2.26. The van der Waals surface area contributed by atoms with Crippen LogP contribution in [0.1, 0.15) is 25.1 Å². The van der Waals surface area contributed by atoms with Crippen LogP contribution in [-0.2, 0) is 6.54 Å². The fourth-order valence-electron chi connectivity index (χ4n) is 2.12. The Labute approximate surface area is 107 Å². The van der Waals surface area contributed by atoms with Gasteiger partial charge < -0.3 is 14.4 Å².